The van der Waals surface area contributed by atoms with Crippen molar-refractivity contribution in [3.8, 4) is 0 Å². The number of hydrogen-bond donors (Lipinski definition) is 2. The minimum Gasteiger partial charge on any atom is -0.355 e. The lowest BCUT2D eigenvalue weighted by atomic mass is 9.83. The van der Waals surface area contributed by atoms with Crippen LogP contribution in [0.1, 0.15) is 37.9 Å². The number of nitrogens with zero attached hydrogens (tertiary/aromatic N) is 2. The number of rotatable bonds is 5. The van der Waals surface area contributed by atoms with Gasteiger partial charge in [0, 0.05) is 44.4 Å². The van der Waals surface area contributed by atoms with Crippen molar-refractivity contribution >= 4 is 11.8 Å². The Morgan fingerprint density at radius 2 is 2.09 bits per heavy atom. The summed E-state index contributed by atoms with van der Waals surface area (Å²) in [5.41, 5.74) is 0. The molecule has 2 aliphatic rings. The second-order valence-corrected chi connectivity index (χ2v) is 6.33. The molecule has 1 aliphatic heterocycles. The van der Waals surface area contributed by atoms with E-state index in [0.717, 1.165) is 38.1 Å². The summed E-state index contributed by atoms with van der Waals surface area (Å²) >= 11 is 0. The summed E-state index contributed by atoms with van der Waals surface area (Å²) in [6.45, 7) is 1.98. The van der Waals surface area contributed by atoms with E-state index in [1.807, 2.05) is 4.90 Å². The van der Waals surface area contributed by atoms with E-state index in [-0.39, 0.29) is 23.7 Å². The second kappa shape index (κ2) is 6.94. The summed E-state index contributed by atoms with van der Waals surface area (Å²) in [6.07, 6.45) is 9.21. The fraction of sp³-hybridized carbons (Fsp3) is 0.688. The Hall–Kier alpha value is -1.85. The van der Waals surface area contributed by atoms with Crippen LogP contribution in [0, 0.1) is 11.8 Å². The molecule has 120 valence electrons. The molecule has 3 rings (SSSR count). The van der Waals surface area contributed by atoms with Crippen LogP contribution in [0.4, 0.5) is 0 Å². The lowest BCUT2D eigenvalue weighted by Gasteiger charge is -2.36. The van der Waals surface area contributed by atoms with Crippen molar-refractivity contribution in [2.24, 2.45) is 11.8 Å². The molecule has 6 nitrogen and oxygen atoms in total. The molecule has 1 saturated carbocycles. The highest BCUT2D eigenvalue weighted by molar-refractivity contribution is 5.82. The molecule has 22 heavy (non-hydrogen) atoms. The molecular weight excluding hydrogens is 280 g/mol. The number of imidazole rings is 1. The van der Waals surface area contributed by atoms with Gasteiger partial charge in [0.15, 0.2) is 0 Å². The van der Waals surface area contributed by atoms with Crippen molar-refractivity contribution in [2.75, 3.05) is 19.6 Å². The summed E-state index contributed by atoms with van der Waals surface area (Å²) in [5.74, 6) is 1.37. The number of H-pyrrole nitrogens is 1. The molecule has 1 aromatic heterocycles. The van der Waals surface area contributed by atoms with Gasteiger partial charge in [-0.25, -0.2) is 4.98 Å². The van der Waals surface area contributed by atoms with Gasteiger partial charge in [0.1, 0.15) is 5.82 Å². The van der Waals surface area contributed by atoms with Gasteiger partial charge in [0.2, 0.25) is 11.8 Å². The third-order valence-corrected chi connectivity index (χ3v) is 4.77. The molecule has 2 heterocycles. The maximum atomic E-state index is 12.3. The summed E-state index contributed by atoms with van der Waals surface area (Å²) in [4.78, 5) is 33.6. The van der Waals surface area contributed by atoms with E-state index < -0.39 is 0 Å². The average Bonchev–Trinajstić information content (AvgIpc) is 2.99. The first-order valence-corrected chi connectivity index (χ1v) is 8.29. The highest BCUT2D eigenvalue weighted by Gasteiger charge is 2.33. The lowest BCUT2D eigenvalue weighted by Crippen LogP contribution is -2.48. The SMILES string of the molecule is O=C(NCCc1ncc[nH]1)[C@H]1CCCN(C(=O)C2CCC2)C1. The van der Waals surface area contributed by atoms with Crippen molar-refractivity contribution in [1.82, 2.24) is 20.2 Å². The standard InChI is InChI=1S/C16H24N4O2/c21-15(19-7-6-14-17-8-9-18-14)13-5-2-10-20(11-13)16(22)12-3-1-4-12/h8-9,12-13H,1-7,10-11H2,(H,17,18)(H,19,21)/t13-/m0/s1. The van der Waals surface area contributed by atoms with E-state index in [4.69, 9.17) is 0 Å². The Morgan fingerprint density at radius 1 is 1.27 bits per heavy atom. The average molecular weight is 304 g/mol. The molecule has 2 amide bonds. The number of aromatic amines is 1. The van der Waals surface area contributed by atoms with Crippen LogP contribution in [-0.4, -0.2) is 46.3 Å². The molecule has 1 atom stereocenters. The van der Waals surface area contributed by atoms with E-state index in [9.17, 15) is 9.59 Å². The molecule has 0 radical (unpaired) electrons. The van der Waals surface area contributed by atoms with Gasteiger partial charge in [-0.05, 0) is 25.7 Å². The zero-order valence-corrected chi connectivity index (χ0v) is 12.9. The first-order valence-electron chi connectivity index (χ1n) is 8.29. The van der Waals surface area contributed by atoms with Crippen molar-refractivity contribution in [2.45, 2.75) is 38.5 Å². The number of likely N-dealkylation sites (tertiary alicyclic amines) is 1. The first kappa shape index (κ1) is 15.1. The molecule has 0 unspecified atom stereocenters. The normalized spacial score (nSPS) is 22.2. The minimum absolute atomic E-state index is 0.0608. The fourth-order valence-electron chi connectivity index (χ4n) is 3.19. The third-order valence-electron chi connectivity index (χ3n) is 4.77. The van der Waals surface area contributed by atoms with Gasteiger partial charge in [-0.3, -0.25) is 9.59 Å². The first-order chi connectivity index (χ1) is 10.7. The van der Waals surface area contributed by atoms with Crippen LogP contribution >= 0.6 is 0 Å². The molecule has 6 heteroatoms. The quantitative estimate of drug-likeness (QED) is 0.855. The lowest BCUT2D eigenvalue weighted by molar-refractivity contribution is -0.141. The molecule has 1 aliphatic carbocycles. The molecule has 2 N–H and O–H groups in total. The third kappa shape index (κ3) is 3.48. The van der Waals surface area contributed by atoms with Crippen molar-refractivity contribution in [3.63, 3.8) is 0 Å². The van der Waals surface area contributed by atoms with Crippen LogP contribution in [0.3, 0.4) is 0 Å². The maximum absolute atomic E-state index is 12.3. The zero-order chi connectivity index (χ0) is 15.4. The van der Waals surface area contributed by atoms with Crippen molar-refractivity contribution in [1.29, 1.82) is 0 Å². The number of carbonyl (C=O) groups is 2. The van der Waals surface area contributed by atoms with Crippen LogP contribution in [-0.2, 0) is 16.0 Å². The summed E-state index contributed by atoms with van der Waals surface area (Å²) in [5, 5.41) is 2.97. The number of piperidine rings is 1. The molecule has 0 aromatic carbocycles. The second-order valence-electron chi connectivity index (χ2n) is 6.33. The predicted molar refractivity (Wildman–Crippen MR) is 81.9 cm³/mol. The highest BCUT2D eigenvalue weighted by Crippen LogP contribution is 2.30. The highest BCUT2D eigenvalue weighted by atomic mass is 16.2. The predicted octanol–water partition coefficient (Wildman–Crippen LogP) is 1.11. The topological polar surface area (TPSA) is 78.1 Å². The van der Waals surface area contributed by atoms with Crippen LogP contribution in [0.2, 0.25) is 0 Å². The monoisotopic (exact) mass is 304 g/mol. The van der Waals surface area contributed by atoms with Gasteiger partial charge in [-0.15, -0.1) is 0 Å². The van der Waals surface area contributed by atoms with Gasteiger partial charge >= 0.3 is 0 Å². The van der Waals surface area contributed by atoms with E-state index in [1.54, 1.807) is 12.4 Å². The number of nitrogens with one attached hydrogen (secondary N) is 2. The maximum Gasteiger partial charge on any atom is 0.225 e. The Balaban J connectivity index is 1.44. The summed E-state index contributed by atoms with van der Waals surface area (Å²) in [7, 11) is 0. The Bertz CT molecular complexity index is 510. The van der Waals surface area contributed by atoms with E-state index in [1.165, 1.54) is 6.42 Å². The summed E-state index contributed by atoms with van der Waals surface area (Å²) < 4.78 is 0. The molecule has 2 fully saturated rings. The number of amides is 2. The van der Waals surface area contributed by atoms with Crippen molar-refractivity contribution < 1.29 is 9.59 Å². The van der Waals surface area contributed by atoms with Crippen LogP contribution in [0.5, 0.6) is 0 Å². The van der Waals surface area contributed by atoms with Crippen LogP contribution < -0.4 is 5.32 Å². The molecule has 1 saturated heterocycles. The zero-order valence-electron chi connectivity index (χ0n) is 12.9. The molecule has 1 aromatic rings. The van der Waals surface area contributed by atoms with E-state index in [2.05, 4.69) is 15.3 Å². The van der Waals surface area contributed by atoms with Crippen LogP contribution in [0.25, 0.3) is 0 Å². The van der Waals surface area contributed by atoms with Gasteiger partial charge in [-0.1, -0.05) is 6.42 Å². The van der Waals surface area contributed by atoms with Gasteiger partial charge in [0.05, 0.1) is 5.92 Å². The van der Waals surface area contributed by atoms with Gasteiger partial charge < -0.3 is 15.2 Å². The molecular formula is C16H24N4O2. The summed E-state index contributed by atoms with van der Waals surface area (Å²) in [6, 6.07) is 0. The van der Waals surface area contributed by atoms with Gasteiger partial charge in [-0.2, -0.15) is 0 Å². The van der Waals surface area contributed by atoms with E-state index >= 15 is 0 Å². The largest absolute Gasteiger partial charge is 0.355 e. The van der Waals surface area contributed by atoms with E-state index in [0.29, 0.717) is 19.5 Å². The Labute approximate surface area is 130 Å². The smallest absolute Gasteiger partial charge is 0.225 e. The Morgan fingerprint density at radius 3 is 2.77 bits per heavy atom. The number of carbonyl (C=O) groups excluding carboxylic acids is 2. The minimum atomic E-state index is -0.0608. The molecule has 0 bridgehead atoms. The number of hydrogen-bond acceptors (Lipinski definition) is 3. The number of aromatic nitrogens is 2. The van der Waals surface area contributed by atoms with Crippen LogP contribution in [0.15, 0.2) is 12.4 Å². The van der Waals surface area contributed by atoms with Gasteiger partial charge in [0.25, 0.3) is 0 Å². The Kier molecular flexibility index (Phi) is 4.75. The fourth-order valence-corrected chi connectivity index (χ4v) is 3.19. The van der Waals surface area contributed by atoms with Crippen molar-refractivity contribution in [3.05, 3.63) is 18.2 Å². The molecule has 0 spiro atoms.